The fourth-order valence-electron chi connectivity index (χ4n) is 10.3. The maximum atomic E-state index is 5.32. The lowest BCUT2D eigenvalue weighted by molar-refractivity contribution is 0.768. The van der Waals surface area contributed by atoms with E-state index in [9.17, 15) is 0 Å². The summed E-state index contributed by atoms with van der Waals surface area (Å²) in [4.78, 5) is 5.32. The highest BCUT2D eigenvalue weighted by Gasteiger charge is 2.46. The molecule has 1 aliphatic rings. The number of hydrogen-bond acceptors (Lipinski definition) is 1. The Bertz CT molecular complexity index is 3350. The quantitative estimate of drug-likeness (QED) is 0.153. The van der Waals surface area contributed by atoms with Gasteiger partial charge < -0.3 is 0 Å². The number of nitrogens with zero attached hydrogens (tertiary/aromatic N) is 1. The number of fused-ring (bicyclic) bond motifs is 9. The van der Waals surface area contributed by atoms with Crippen molar-refractivity contribution in [2.75, 3.05) is 0 Å². The van der Waals surface area contributed by atoms with Gasteiger partial charge in [0.2, 0.25) is 0 Å². The molecule has 0 saturated heterocycles. The minimum absolute atomic E-state index is 0.433. The molecule has 0 spiro atoms. The van der Waals surface area contributed by atoms with Gasteiger partial charge in [0.25, 0.3) is 0 Å². The summed E-state index contributed by atoms with van der Waals surface area (Å²) in [5.74, 6) is 0. The van der Waals surface area contributed by atoms with Gasteiger partial charge in [-0.25, -0.2) is 4.98 Å². The number of pyridine rings is 1. The van der Waals surface area contributed by atoms with Gasteiger partial charge in [-0.2, -0.15) is 0 Å². The van der Waals surface area contributed by atoms with Gasteiger partial charge in [0.1, 0.15) is 0 Å². The first kappa shape index (κ1) is 35.1. The van der Waals surface area contributed by atoms with Crippen LogP contribution in [0.15, 0.2) is 237 Å². The summed E-state index contributed by atoms with van der Waals surface area (Å²) in [6.45, 7) is 0. The van der Waals surface area contributed by atoms with Crippen LogP contribution < -0.4 is 0 Å². The van der Waals surface area contributed by atoms with Gasteiger partial charge >= 0.3 is 0 Å². The maximum Gasteiger partial charge on any atom is 0.0715 e. The van der Waals surface area contributed by atoms with Crippen molar-refractivity contribution in [2.45, 2.75) is 5.41 Å². The van der Waals surface area contributed by atoms with Gasteiger partial charge in [-0.05, 0) is 112 Å². The molecule has 61 heavy (non-hydrogen) atoms. The average Bonchev–Trinajstić information content (AvgIpc) is 3.65. The largest absolute Gasteiger partial charge is 0.248 e. The normalized spacial score (nSPS) is 12.7. The highest BCUT2D eigenvalue weighted by molar-refractivity contribution is 6.29. The van der Waals surface area contributed by atoms with E-state index in [1.165, 1.54) is 82.4 Å². The molecule has 1 heterocycles. The summed E-state index contributed by atoms with van der Waals surface area (Å²) in [5.41, 5.74) is 16.2. The van der Waals surface area contributed by atoms with Crippen molar-refractivity contribution >= 4 is 32.3 Å². The van der Waals surface area contributed by atoms with Crippen LogP contribution in [0.4, 0.5) is 0 Å². The Hall–Kier alpha value is -7.87. The van der Waals surface area contributed by atoms with Crippen LogP contribution in [-0.2, 0) is 5.41 Å². The van der Waals surface area contributed by atoms with Gasteiger partial charge in [0, 0.05) is 11.1 Å². The van der Waals surface area contributed by atoms with Crippen LogP contribution in [0.25, 0.3) is 88.2 Å². The molecule has 284 valence electrons. The molecule has 10 aromatic carbocycles. The third kappa shape index (κ3) is 5.51. The summed E-state index contributed by atoms with van der Waals surface area (Å²) in [7, 11) is 0. The third-order valence-electron chi connectivity index (χ3n) is 12.9. The molecule has 0 N–H and O–H groups in total. The SMILES string of the molecule is c1ccc(-c2cc(-c3ccccc3)nc(-c3ccc4c(c3)c3ccccc3c3cccc(-c5ccc6c(c5)-c5ccccc5C6(c5ccccc5)c5ccccc5)c34)c2)cc1. The number of hydrogen-bond donors (Lipinski definition) is 0. The molecule has 1 aromatic heterocycles. The Morgan fingerprint density at radius 2 is 0.770 bits per heavy atom. The van der Waals surface area contributed by atoms with Gasteiger partial charge in [0.15, 0.2) is 0 Å². The van der Waals surface area contributed by atoms with Crippen molar-refractivity contribution in [3.05, 3.63) is 259 Å². The fraction of sp³-hybridized carbons (Fsp3) is 0.0167. The molecule has 0 radical (unpaired) electrons. The highest BCUT2D eigenvalue weighted by Crippen LogP contribution is 2.57. The molecule has 1 heteroatoms. The zero-order chi connectivity index (χ0) is 40.3. The van der Waals surface area contributed by atoms with E-state index in [0.29, 0.717) is 0 Å². The molecule has 0 unspecified atom stereocenters. The summed E-state index contributed by atoms with van der Waals surface area (Å²) < 4.78 is 0. The van der Waals surface area contributed by atoms with Crippen LogP contribution in [0.2, 0.25) is 0 Å². The topological polar surface area (TPSA) is 12.9 Å². The van der Waals surface area contributed by atoms with Crippen LogP contribution in [-0.4, -0.2) is 4.98 Å². The minimum Gasteiger partial charge on any atom is -0.248 e. The van der Waals surface area contributed by atoms with E-state index in [-0.39, 0.29) is 0 Å². The van der Waals surface area contributed by atoms with Crippen molar-refractivity contribution < 1.29 is 0 Å². The lowest BCUT2D eigenvalue weighted by atomic mass is 9.67. The summed E-state index contributed by atoms with van der Waals surface area (Å²) >= 11 is 0. The molecule has 1 nitrogen and oxygen atoms in total. The first-order valence-electron chi connectivity index (χ1n) is 21.1. The molecule has 0 fully saturated rings. The lowest BCUT2D eigenvalue weighted by Crippen LogP contribution is -2.28. The fourth-order valence-corrected chi connectivity index (χ4v) is 10.3. The molecule has 11 aromatic rings. The Balaban J connectivity index is 1.09. The zero-order valence-corrected chi connectivity index (χ0v) is 33.5. The first-order chi connectivity index (χ1) is 30.3. The summed E-state index contributed by atoms with van der Waals surface area (Å²) in [6.07, 6.45) is 0. The molecule has 0 aliphatic heterocycles. The molecule has 12 rings (SSSR count). The molecule has 0 atom stereocenters. The predicted molar refractivity (Wildman–Crippen MR) is 256 cm³/mol. The lowest BCUT2D eigenvalue weighted by Gasteiger charge is -2.33. The molecular weight excluding hydrogens is 735 g/mol. The van der Waals surface area contributed by atoms with Crippen LogP contribution in [0, 0.1) is 0 Å². The van der Waals surface area contributed by atoms with E-state index >= 15 is 0 Å². The van der Waals surface area contributed by atoms with Crippen LogP contribution in [0.3, 0.4) is 0 Å². The zero-order valence-electron chi connectivity index (χ0n) is 33.5. The van der Waals surface area contributed by atoms with Gasteiger partial charge in [0.05, 0.1) is 16.8 Å². The minimum atomic E-state index is -0.433. The van der Waals surface area contributed by atoms with Gasteiger partial charge in [-0.15, -0.1) is 0 Å². The van der Waals surface area contributed by atoms with E-state index in [4.69, 9.17) is 4.98 Å². The monoisotopic (exact) mass is 773 g/mol. The Labute approximate surface area is 355 Å². The van der Waals surface area contributed by atoms with Crippen LogP contribution in [0.5, 0.6) is 0 Å². The highest BCUT2D eigenvalue weighted by atomic mass is 14.7. The predicted octanol–water partition coefficient (Wildman–Crippen LogP) is 15.6. The number of benzene rings is 10. The summed E-state index contributed by atoms with van der Waals surface area (Å²) in [6, 6.07) is 86.6. The van der Waals surface area contributed by atoms with Crippen molar-refractivity contribution in [1.29, 1.82) is 0 Å². The van der Waals surface area contributed by atoms with E-state index < -0.39 is 5.41 Å². The van der Waals surface area contributed by atoms with Crippen molar-refractivity contribution in [3.8, 4) is 55.9 Å². The van der Waals surface area contributed by atoms with Crippen molar-refractivity contribution in [1.82, 2.24) is 4.98 Å². The van der Waals surface area contributed by atoms with E-state index in [1.807, 2.05) is 0 Å². The van der Waals surface area contributed by atoms with Crippen LogP contribution in [0.1, 0.15) is 22.3 Å². The Kier molecular flexibility index (Phi) is 8.15. The standard InChI is InChI=1S/C60H39N/c1-5-18-40(19-6-1)44-38-57(41-20-7-2-8-21-41)61-58(39-44)43-32-34-52-53(37-43)49-27-14-13-26-48(49)51-30-17-29-47(59(51)52)42-33-35-56-54(36-42)50-28-15-16-31-55(50)60(56,45-22-9-3-10-23-45)46-24-11-4-12-25-46/h1-39H. The Morgan fingerprint density at radius 1 is 0.262 bits per heavy atom. The average molecular weight is 774 g/mol. The van der Waals surface area contributed by atoms with Crippen molar-refractivity contribution in [3.63, 3.8) is 0 Å². The molecule has 1 aliphatic carbocycles. The summed E-state index contributed by atoms with van der Waals surface area (Å²) in [5, 5.41) is 7.47. The third-order valence-corrected chi connectivity index (χ3v) is 12.9. The van der Waals surface area contributed by atoms with Gasteiger partial charge in [-0.3, -0.25) is 0 Å². The number of aromatic nitrogens is 1. The molecule has 0 bridgehead atoms. The van der Waals surface area contributed by atoms with E-state index in [2.05, 4.69) is 237 Å². The number of rotatable bonds is 6. The second-order valence-corrected chi connectivity index (χ2v) is 16.2. The van der Waals surface area contributed by atoms with Crippen molar-refractivity contribution in [2.24, 2.45) is 0 Å². The molecule has 0 amide bonds. The maximum absolute atomic E-state index is 5.32. The van der Waals surface area contributed by atoms with E-state index in [0.717, 1.165) is 28.1 Å². The second kappa shape index (κ2) is 14.2. The molecule has 0 saturated carbocycles. The smallest absolute Gasteiger partial charge is 0.0715 e. The first-order valence-corrected chi connectivity index (χ1v) is 21.1. The second-order valence-electron chi connectivity index (χ2n) is 16.2. The molecular formula is C60H39N. The van der Waals surface area contributed by atoms with E-state index in [1.54, 1.807) is 0 Å². The van der Waals surface area contributed by atoms with Crippen LogP contribution >= 0.6 is 0 Å². The Morgan fingerprint density at radius 3 is 1.48 bits per heavy atom. The van der Waals surface area contributed by atoms with Gasteiger partial charge in [-0.1, -0.05) is 212 Å².